The highest BCUT2D eigenvalue weighted by Crippen LogP contribution is 2.34. The number of hydrogen-bond acceptors (Lipinski definition) is 4. The molecule has 5 nitrogen and oxygen atoms in total. The second kappa shape index (κ2) is 5.56. The Bertz CT molecular complexity index is 529. The molecule has 1 fully saturated rings. The number of benzene rings is 1. The molecule has 5 heteroatoms. The number of phenolic OH excluding ortho intramolecular Hbond substituents is 1. The number of hydrogen-bond donors (Lipinski definition) is 3. The largest absolute Gasteiger partial charge is 0.506 e. The fourth-order valence-corrected chi connectivity index (χ4v) is 2.53. The SMILES string of the molecule is CC(C)(C)OC(=O)Nc1cc(C2(C)CCCN2)ccc1O. The first-order valence-electron chi connectivity index (χ1n) is 7.28. The van der Waals surface area contributed by atoms with E-state index in [-0.39, 0.29) is 11.3 Å². The van der Waals surface area contributed by atoms with E-state index in [1.54, 1.807) is 32.9 Å². The van der Waals surface area contributed by atoms with Crippen LogP contribution >= 0.6 is 0 Å². The van der Waals surface area contributed by atoms with Crippen LogP contribution in [0.4, 0.5) is 10.5 Å². The van der Waals surface area contributed by atoms with Crippen LogP contribution in [0.1, 0.15) is 46.1 Å². The number of ether oxygens (including phenoxy) is 1. The van der Waals surface area contributed by atoms with Crippen molar-refractivity contribution in [3.05, 3.63) is 23.8 Å². The van der Waals surface area contributed by atoms with Crippen LogP contribution in [-0.4, -0.2) is 23.3 Å². The molecule has 3 N–H and O–H groups in total. The third kappa shape index (κ3) is 3.88. The number of anilines is 1. The van der Waals surface area contributed by atoms with Crippen molar-refractivity contribution in [3.8, 4) is 5.75 Å². The number of rotatable bonds is 2. The number of aromatic hydroxyl groups is 1. The Balaban J connectivity index is 2.18. The molecule has 0 bridgehead atoms. The molecule has 0 saturated carbocycles. The van der Waals surface area contributed by atoms with E-state index in [0.29, 0.717) is 5.69 Å². The van der Waals surface area contributed by atoms with Gasteiger partial charge in [-0.15, -0.1) is 0 Å². The van der Waals surface area contributed by atoms with E-state index in [2.05, 4.69) is 17.6 Å². The van der Waals surface area contributed by atoms with Gasteiger partial charge in [0.05, 0.1) is 5.69 Å². The van der Waals surface area contributed by atoms with Crippen LogP contribution in [0.25, 0.3) is 0 Å². The van der Waals surface area contributed by atoms with Gasteiger partial charge in [0.15, 0.2) is 0 Å². The standard InChI is InChI=1S/C16H24N2O3/c1-15(2,3)21-14(20)18-12-10-11(6-7-13(12)19)16(4)8-5-9-17-16/h6-7,10,17,19H,5,8-9H2,1-4H3,(H,18,20). The van der Waals surface area contributed by atoms with Crippen LogP contribution in [0.3, 0.4) is 0 Å². The number of amides is 1. The Morgan fingerprint density at radius 2 is 2.14 bits per heavy atom. The summed E-state index contributed by atoms with van der Waals surface area (Å²) in [5.41, 5.74) is 0.731. The topological polar surface area (TPSA) is 70.6 Å². The Kier molecular flexibility index (Phi) is 4.14. The molecule has 1 aliphatic heterocycles. The molecule has 1 unspecified atom stereocenters. The fourth-order valence-electron chi connectivity index (χ4n) is 2.53. The molecular weight excluding hydrogens is 268 g/mol. The summed E-state index contributed by atoms with van der Waals surface area (Å²) in [5, 5.41) is 16.0. The molecule has 0 spiro atoms. The lowest BCUT2D eigenvalue weighted by atomic mass is 9.90. The predicted molar refractivity (Wildman–Crippen MR) is 82.6 cm³/mol. The van der Waals surface area contributed by atoms with Crippen LogP contribution in [0.5, 0.6) is 5.75 Å². The monoisotopic (exact) mass is 292 g/mol. The molecule has 1 amide bonds. The fraction of sp³-hybridized carbons (Fsp3) is 0.562. The van der Waals surface area contributed by atoms with Crippen LogP contribution in [0.2, 0.25) is 0 Å². The zero-order valence-corrected chi connectivity index (χ0v) is 13.1. The van der Waals surface area contributed by atoms with E-state index in [1.165, 1.54) is 0 Å². The van der Waals surface area contributed by atoms with Crippen molar-refractivity contribution < 1.29 is 14.6 Å². The lowest BCUT2D eigenvalue weighted by molar-refractivity contribution is 0.0635. The van der Waals surface area contributed by atoms with Gasteiger partial charge in [-0.1, -0.05) is 6.07 Å². The summed E-state index contributed by atoms with van der Waals surface area (Å²) in [4.78, 5) is 11.8. The first-order chi connectivity index (χ1) is 9.70. The van der Waals surface area contributed by atoms with Gasteiger partial charge in [-0.2, -0.15) is 0 Å². The lowest BCUT2D eigenvalue weighted by Crippen LogP contribution is -2.33. The summed E-state index contributed by atoms with van der Waals surface area (Å²) in [7, 11) is 0. The average Bonchev–Trinajstić information content (AvgIpc) is 2.77. The Hall–Kier alpha value is -1.75. The zero-order chi connectivity index (χ0) is 15.7. The normalized spacial score (nSPS) is 22.1. The van der Waals surface area contributed by atoms with Crippen LogP contribution in [0, 0.1) is 0 Å². The Morgan fingerprint density at radius 1 is 1.43 bits per heavy atom. The van der Waals surface area contributed by atoms with Gasteiger partial charge >= 0.3 is 6.09 Å². The van der Waals surface area contributed by atoms with Crippen molar-refractivity contribution in [2.75, 3.05) is 11.9 Å². The molecule has 0 radical (unpaired) electrons. The van der Waals surface area contributed by atoms with Crippen molar-refractivity contribution in [1.29, 1.82) is 0 Å². The number of phenols is 1. The van der Waals surface area contributed by atoms with E-state index in [1.807, 2.05) is 6.07 Å². The third-order valence-corrected chi connectivity index (χ3v) is 3.64. The van der Waals surface area contributed by atoms with Crippen molar-refractivity contribution >= 4 is 11.8 Å². The molecule has 1 atom stereocenters. The molecule has 116 valence electrons. The lowest BCUT2D eigenvalue weighted by Gasteiger charge is -2.26. The van der Waals surface area contributed by atoms with Gasteiger partial charge in [0, 0.05) is 5.54 Å². The number of nitrogens with one attached hydrogen (secondary N) is 2. The van der Waals surface area contributed by atoms with E-state index >= 15 is 0 Å². The second-order valence-corrected chi connectivity index (χ2v) is 6.72. The van der Waals surface area contributed by atoms with E-state index in [0.717, 1.165) is 24.9 Å². The minimum atomic E-state index is -0.573. The summed E-state index contributed by atoms with van der Waals surface area (Å²) >= 11 is 0. The number of carbonyl (C=O) groups excluding carboxylic acids is 1. The van der Waals surface area contributed by atoms with Crippen molar-refractivity contribution in [3.63, 3.8) is 0 Å². The quantitative estimate of drug-likeness (QED) is 0.731. The third-order valence-electron chi connectivity index (χ3n) is 3.64. The summed E-state index contributed by atoms with van der Waals surface area (Å²) in [5.74, 6) is 0.0335. The van der Waals surface area contributed by atoms with Gasteiger partial charge in [-0.05, 0) is 64.8 Å². The van der Waals surface area contributed by atoms with Gasteiger partial charge in [-0.25, -0.2) is 4.79 Å². The molecular formula is C16H24N2O3. The Morgan fingerprint density at radius 3 is 2.71 bits per heavy atom. The molecule has 1 saturated heterocycles. The van der Waals surface area contributed by atoms with Gasteiger partial charge in [-0.3, -0.25) is 5.32 Å². The first kappa shape index (κ1) is 15.6. The molecule has 2 rings (SSSR count). The average molecular weight is 292 g/mol. The van der Waals surface area contributed by atoms with Crippen LogP contribution < -0.4 is 10.6 Å². The molecule has 1 aromatic rings. The zero-order valence-electron chi connectivity index (χ0n) is 13.1. The van der Waals surface area contributed by atoms with Crippen molar-refractivity contribution in [2.24, 2.45) is 0 Å². The first-order valence-corrected chi connectivity index (χ1v) is 7.28. The predicted octanol–water partition coefficient (Wildman–Crippen LogP) is 3.34. The Labute approximate surface area is 125 Å². The molecule has 1 heterocycles. The van der Waals surface area contributed by atoms with Gasteiger partial charge in [0.1, 0.15) is 11.4 Å². The summed E-state index contributed by atoms with van der Waals surface area (Å²) < 4.78 is 5.21. The highest BCUT2D eigenvalue weighted by molar-refractivity contribution is 5.87. The van der Waals surface area contributed by atoms with Crippen molar-refractivity contribution in [2.45, 2.75) is 51.7 Å². The summed E-state index contributed by atoms with van der Waals surface area (Å²) in [6.45, 7) is 8.50. The number of carbonyl (C=O) groups is 1. The maximum absolute atomic E-state index is 11.8. The van der Waals surface area contributed by atoms with Crippen LogP contribution in [0.15, 0.2) is 18.2 Å². The maximum atomic E-state index is 11.8. The van der Waals surface area contributed by atoms with Gasteiger partial charge < -0.3 is 15.2 Å². The van der Waals surface area contributed by atoms with Crippen LogP contribution in [-0.2, 0) is 10.3 Å². The highest BCUT2D eigenvalue weighted by Gasteiger charge is 2.30. The molecule has 1 aliphatic rings. The summed E-state index contributed by atoms with van der Waals surface area (Å²) in [6, 6.07) is 5.29. The van der Waals surface area contributed by atoms with E-state index in [9.17, 15) is 9.90 Å². The second-order valence-electron chi connectivity index (χ2n) is 6.72. The molecule has 0 aromatic heterocycles. The van der Waals surface area contributed by atoms with E-state index in [4.69, 9.17) is 4.74 Å². The van der Waals surface area contributed by atoms with Gasteiger partial charge in [0.2, 0.25) is 0 Å². The maximum Gasteiger partial charge on any atom is 0.412 e. The van der Waals surface area contributed by atoms with E-state index < -0.39 is 11.7 Å². The molecule has 21 heavy (non-hydrogen) atoms. The highest BCUT2D eigenvalue weighted by atomic mass is 16.6. The summed E-state index contributed by atoms with van der Waals surface area (Å²) in [6.07, 6.45) is 1.58. The molecule has 1 aromatic carbocycles. The van der Waals surface area contributed by atoms with Crippen molar-refractivity contribution in [1.82, 2.24) is 5.32 Å². The minimum absolute atomic E-state index is 0.0335. The minimum Gasteiger partial charge on any atom is -0.506 e. The smallest absolute Gasteiger partial charge is 0.412 e. The van der Waals surface area contributed by atoms with Gasteiger partial charge in [0.25, 0.3) is 0 Å². The molecule has 0 aliphatic carbocycles.